The molecule has 2 aromatic rings. The van der Waals surface area contributed by atoms with Crippen molar-refractivity contribution in [1.82, 2.24) is 19.5 Å². The fraction of sp³-hybridized carbons (Fsp3) is 0.364. The summed E-state index contributed by atoms with van der Waals surface area (Å²) in [6.07, 6.45) is 5.31. The molecule has 0 spiro atoms. The highest BCUT2D eigenvalue weighted by atomic mass is 79.9. The van der Waals surface area contributed by atoms with Gasteiger partial charge in [0.1, 0.15) is 12.1 Å². The highest BCUT2D eigenvalue weighted by Gasteiger charge is 2.17. The third-order valence-electron chi connectivity index (χ3n) is 2.22. The van der Waals surface area contributed by atoms with E-state index in [1.165, 1.54) is 0 Å². The Morgan fingerprint density at radius 1 is 1.25 bits per heavy atom. The lowest BCUT2D eigenvalue weighted by molar-refractivity contribution is 0.563. The van der Waals surface area contributed by atoms with Crippen molar-refractivity contribution < 1.29 is 0 Å². The molecule has 0 aliphatic carbocycles. The molecule has 2 heterocycles. The Morgan fingerprint density at radius 2 is 2.00 bits per heavy atom. The first-order valence-corrected chi connectivity index (χ1v) is 5.79. The van der Waals surface area contributed by atoms with Crippen molar-refractivity contribution >= 4 is 15.9 Å². The predicted molar refractivity (Wildman–Crippen MR) is 65.6 cm³/mol. The van der Waals surface area contributed by atoms with Gasteiger partial charge in [-0.25, -0.2) is 15.0 Å². The maximum absolute atomic E-state index is 4.39. The van der Waals surface area contributed by atoms with Gasteiger partial charge < -0.3 is 0 Å². The summed E-state index contributed by atoms with van der Waals surface area (Å²) in [6, 6.07) is 1.98. The van der Waals surface area contributed by atoms with E-state index in [0.29, 0.717) is 4.73 Å². The fourth-order valence-electron chi connectivity index (χ4n) is 1.32. The topological polar surface area (TPSA) is 43.6 Å². The molecule has 0 unspecified atom stereocenters. The Labute approximate surface area is 103 Å². The van der Waals surface area contributed by atoms with E-state index in [4.69, 9.17) is 0 Å². The summed E-state index contributed by atoms with van der Waals surface area (Å²) in [5.41, 5.74) is 0.999. The van der Waals surface area contributed by atoms with Crippen molar-refractivity contribution in [2.75, 3.05) is 0 Å². The molecule has 0 N–H and O–H groups in total. The Morgan fingerprint density at radius 3 is 2.56 bits per heavy atom. The zero-order valence-electron chi connectivity index (χ0n) is 9.48. The number of rotatable bonds is 1. The van der Waals surface area contributed by atoms with Crippen molar-refractivity contribution in [3.63, 3.8) is 0 Å². The summed E-state index contributed by atoms with van der Waals surface area (Å²) in [6.45, 7) is 6.37. The highest BCUT2D eigenvalue weighted by molar-refractivity contribution is 9.10. The normalized spacial score (nSPS) is 11.8. The minimum absolute atomic E-state index is 0.000785. The molecule has 2 aromatic heterocycles. The van der Waals surface area contributed by atoms with Gasteiger partial charge >= 0.3 is 0 Å². The number of nitrogens with zero attached hydrogens (tertiary/aromatic N) is 4. The van der Waals surface area contributed by atoms with Gasteiger partial charge in [-0.3, -0.25) is 4.57 Å². The average molecular weight is 281 g/mol. The lowest BCUT2D eigenvalue weighted by atomic mass is 9.92. The van der Waals surface area contributed by atoms with Crippen LogP contribution in [0.4, 0.5) is 0 Å². The largest absolute Gasteiger partial charge is 0.290 e. The molecule has 0 radical (unpaired) electrons. The smallest absolute Gasteiger partial charge is 0.198 e. The van der Waals surface area contributed by atoms with E-state index in [2.05, 4.69) is 51.7 Å². The standard InChI is InChI=1S/C11H13BrN4/c1-11(2,3)8-6-9(15-10(12)14-8)16-5-4-13-7-16/h4-7H,1-3H3. The molecule has 0 amide bonds. The van der Waals surface area contributed by atoms with E-state index in [0.717, 1.165) is 11.5 Å². The maximum atomic E-state index is 4.39. The molecule has 0 aliphatic rings. The van der Waals surface area contributed by atoms with Crippen LogP contribution in [0.2, 0.25) is 0 Å². The van der Waals surface area contributed by atoms with Crippen molar-refractivity contribution in [2.45, 2.75) is 26.2 Å². The minimum Gasteiger partial charge on any atom is -0.290 e. The van der Waals surface area contributed by atoms with Gasteiger partial charge in [0.15, 0.2) is 4.73 Å². The molecule has 2 rings (SSSR count). The Balaban J connectivity index is 2.53. The van der Waals surface area contributed by atoms with E-state index < -0.39 is 0 Å². The first-order chi connectivity index (χ1) is 7.47. The quantitative estimate of drug-likeness (QED) is 0.755. The predicted octanol–water partition coefficient (Wildman–Crippen LogP) is 2.72. The van der Waals surface area contributed by atoms with Crippen molar-refractivity contribution in [3.8, 4) is 5.82 Å². The zero-order valence-corrected chi connectivity index (χ0v) is 11.1. The van der Waals surface area contributed by atoms with Crippen LogP contribution in [-0.2, 0) is 5.41 Å². The van der Waals surface area contributed by atoms with Crippen LogP contribution in [-0.4, -0.2) is 19.5 Å². The number of halogens is 1. The fourth-order valence-corrected chi connectivity index (χ4v) is 1.69. The van der Waals surface area contributed by atoms with Crippen LogP contribution in [0.5, 0.6) is 0 Å². The van der Waals surface area contributed by atoms with E-state index in [9.17, 15) is 0 Å². The maximum Gasteiger partial charge on any atom is 0.198 e. The van der Waals surface area contributed by atoms with Crippen LogP contribution in [0, 0.1) is 0 Å². The molecular weight excluding hydrogens is 268 g/mol. The van der Waals surface area contributed by atoms with Crippen LogP contribution in [0.3, 0.4) is 0 Å². The van der Waals surface area contributed by atoms with Crippen LogP contribution < -0.4 is 0 Å². The number of aromatic nitrogens is 4. The minimum atomic E-state index is 0.000785. The third kappa shape index (κ3) is 2.29. The van der Waals surface area contributed by atoms with Gasteiger partial charge in [0, 0.05) is 23.9 Å². The third-order valence-corrected chi connectivity index (χ3v) is 2.58. The first kappa shape index (κ1) is 11.3. The van der Waals surface area contributed by atoms with Gasteiger partial charge in [0.2, 0.25) is 0 Å². The molecule has 84 valence electrons. The van der Waals surface area contributed by atoms with Crippen LogP contribution in [0.15, 0.2) is 29.5 Å². The van der Waals surface area contributed by atoms with E-state index in [1.807, 2.05) is 16.8 Å². The summed E-state index contributed by atoms with van der Waals surface area (Å²) < 4.78 is 2.46. The van der Waals surface area contributed by atoms with E-state index in [1.54, 1.807) is 12.5 Å². The molecule has 0 saturated heterocycles. The molecule has 4 nitrogen and oxygen atoms in total. The van der Waals surface area contributed by atoms with Crippen molar-refractivity contribution in [2.24, 2.45) is 0 Å². The van der Waals surface area contributed by atoms with Gasteiger partial charge in [0.05, 0.1) is 5.69 Å². The summed E-state index contributed by atoms with van der Waals surface area (Å²) in [5.74, 6) is 0.823. The summed E-state index contributed by atoms with van der Waals surface area (Å²) in [4.78, 5) is 12.7. The number of hydrogen-bond donors (Lipinski definition) is 0. The van der Waals surface area contributed by atoms with Gasteiger partial charge in [-0.15, -0.1) is 0 Å². The molecular formula is C11H13BrN4. The molecule has 0 fully saturated rings. The Bertz CT molecular complexity index is 485. The van der Waals surface area contributed by atoms with E-state index >= 15 is 0 Å². The van der Waals surface area contributed by atoms with Gasteiger partial charge in [-0.05, 0) is 15.9 Å². The molecule has 0 aromatic carbocycles. The lowest BCUT2D eigenvalue weighted by Crippen LogP contribution is -2.15. The molecule has 0 saturated carbocycles. The molecule has 0 aliphatic heterocycles. The second-order valence-electron chi connectivity index (χ2n) is 4.60. The lowest BCUT2D eigenvalue weighted by Gasteiger charge is -2.18. The second kappa shape index (κ2) is 3.97. The molecule has 0 bridgehead atoms. The Kier molecular flexibility index (Phi) is 2.80. The monoisotopic (exact) mass is 280 g/mol. The summed E-state index contributed by atoms with van der Waals surface area (Å²) in [7, 11) is 0. The van der Waals surface area contributed by atoms with Crippen molar-refractivity contribution in [3.05, 3.63) is 35.2 Å². The van der Waals surface area contributed by atoms with Gasteiger partial charge in [-0.2, -0.15) is 0 Å². The van der Waals surface area contributed by atoms with E-state index in [-0.39, 0.29) is 5.41 Å². The zero-order chi connectivity index (χ0) is 11.8. The SMILES string of the molecule is CC(C)(C)c1cc(-n2ccnc2)nc(Br)n1. The molecule has 5 heteroatoms. The molecule has 16 heavy (non-hydrogen) atoms. The first-order valence-electron chi connectivity index (χ1n) is 5.00. The second-order valence-corrected chi connectivity index (χ2v) is 5.31. The number of hydrogen-bond acceptors (Lipinski definition) is 3. The summed E-state index contributed by atoms with van der Waals surface area (Å²) in [5, 5.41) is 0. The Hall–Kier alpha value is -1.23. The van der Waals surface area contributed by atoms with Crippen LogP contribution >= 0.6 is 15.9 Å². The molecule has 0 atom stereocenters. The number of imidazole rings is 1. The van der Waals surface area contributed by atoms with Gasteiger partial charge in [0.25, 0.3) is 0 Å². The van der Waals surface area contributed by atoms with Gasteiger partial charge in [-0.1, -0.05) is 20.8 Å². The van der Waals surface area contributed by atoms with Crippen LogP contribution in [0.25, 0.3) is 5.82 Å². The van der Waals surface area contributed by atoms with Crippen molar-refractivity contribution in [1.29, 1.82) is 0 Å². The average Bonchev–Trinajstić information content (AvgIpc) is 2.68. The van der Waals surface area contributed by atoms with Crippen LogP contribution in [0.1, 0.15) is 26.5 Å². The summed E-state index contributed by atoms with van der Waals surface area (Å²) >= 11 is 3.34. The highest BCUT2D eigenvalue weighted by Crippen LogP contribution is 2.23.